The van der Waals surface area contributed by atoms with Gasteiger partial charge in [0.1, 0.15) is 10.7 Å². The summed E-state index contributed by atoms with van der Waals surface area (Å²) in [5.41, 5.74) is 2.33. The second-order valence-electron chi connectivity index (χ2n) is 8.08. The van der Waals surface area contributed by atoms with Gasteiger partial charge in [0, 0.05) is 31.4 Å². The summed E-state index contributed by atoms with van der Waals surface area (Å²) in [6.07, 6.45) is 1.84. The maximum atomic E-state index is 13.1. The van der Waals surface area contributed by atoms with E-state index in [1.54, 1.807) is 31.2 Å². The number of carbonyl (C=O) groups excluding carboxylic acids is 1. The van der Waals surface area contributed by atoms with Crippen LogP contribution in [0.1, 0.15) is 32.8 Å². The topological polar surface area (TPSA) is 91.4 Å². The zero-order chi connectivity index (χ0) is 23.8. The number of hydrogen-bond donors (Lipinski definition) is 2. The zero-order valence-corrected chi connectivity index (χ0v) is 20.0. The first kappa shape index (κ1) is 24.3. The summed E-state index contributed by atoms with van der Waals surface area (Å²) in [5, 5.41) is 6.11. The molecule has 174 valence electrons. The molecule has 2 aromatic carbocycles. The predicted octanol–water partition coefficient (Wildman–Crippen LogP) is 4.89. The van der Waals surface area contributed by atoms with E-state index in [0.29, 0.717) is 36.9 Å². The van der Waals surface area contributed by atoms with E-state index in [1.165, 1.54) is 10.5 Å². The number of pyridine rings is 1. The Morgan fingerprint density at radius 3 is 2.42 bits per heavy atom. The molecule has 1 heterocycles. The molecule has 3 rings (SSSR count). The van der Waals surface area contributed by atoms with Crippen molar-refractivity contribution < 1.29 is 13.2 Å². The van der Waals surface area contributed by atoms with Crippen LogP contribution in [0.2, 0.25) is 0 Å². The Balaban J connectivity index is 1.65. The van der Waals surface area contributed by atoms with Crippen LogP contribution in [0.4, 0.5) is 17.2 Å². The van der Waals surface area contributed by atoms with E-state index >= 15 is 0 Å². The summed E-state index contributed by atoms with van der Waals surface area (Å²) >= 11 is 0. The number of benzene rings is 2. The molecule has 0 spiro atoms. The lowest BCUT2D eigenvalue weighted by Crippen LogP contribution is -2.30. The van der Waals surface area contributed by atoms with Crippen LogP contribution < -0.4 is 14.9 Å². The van der Waals surface area contributed by atoms with Crippen molar-refractivity contribution in [1.29, 1.82) is 0 Å². The van der Waals surface area contributed by atoms with Crippen LogP contribution in [0.25, 0.3) is 0 Å². The molecule has 8 heteroatoms. The number of nitrogens with one attached hydrogen (secondary N) is 2. The number of hydrogen-bond acceptors (Lipinski definition) is 5. The van der Waals surface area contributed by atoms with Crippen LogP contribution in [-0.4, -0.2) is 25.9 Å². The zero-order valence-electron chi connectivity index (χ0n) is 19.2. The third kappa shape index (κ3) is 6.55. The van der Waals surface area contributed by atoms with Crippen LogP contribution in [-0.2, 0) is 21.4 Å². The van der Waals surface area contributed by atoms with E-state index in [0.717, 1.165) is 11.3 Å². The van der Waals surface area contributed by atoms with Crippen molar-refractivity contribution in [3.63, 3.8) is 0 Å². The Bertz CT molecular complexity index is 1160. The molecule has 0 radical (unpaired) electrons. The third-order valence-electron chi connectivity index (χ3n) is 4.93. The fourth-order valence-corrected chi connectivity index (χ4v) is 4.80. The summed E-state index contributed by atoms with van der Waals surface area (Å²) < 4.78 is 27.5. The summed E-state index contributed by atoms with van der Waals surface area (Å²) in [6.45, 7) is 6.61. The maximum absolute atomic E-state index is 13.1. The molecule has 0 saturated heterocycles. The highest BCUT2D eigenvalue weighted by molar-refractivity contribution is 7.92. The molecule has 7 nitrogen and oxygen atoms in total. The van der Waals surface area contributed by atoms with Crippen molar-refractivity contribution in [3.05, 3.63) is 78.5 Å². The first-order valence-electron chi connectivity index (χ1n) is 11.0. The van der Waals surface area contributed by atoms with Crippen LogP contribution in [0, 0.1) is 5.92 Å². The highest BCUT2D eigenvalue weighted by Gasteiger charge is 2.23. The van der Waals surface area contributed by atoms with Crippen molar-refractivity contribution in [1.82, 2.24) is 4.98 Å². The van der Waals surface area contributed by atoms with Crippen molar-refractivity contribution >= 4 is 33.1 Å². The van der Waals surface area contributed by atoms with Crippen molar-refractivity contribution in [2.75, 3.05) is 21.5 Å². The highest BCUT2D eigenvalue weighted by Crippen LogP contribution is 2.23. The molecule has 1 amide bonds. The number of nitrogens with zero attached hydrogens (tertiary/aromatic N) is 2. The third-order valence-corrected chi connectivity index (χ3v) is 6.82. The van der Waals surface area contributed by atoms with Gasteiger partial charge in [-0.1, -0.05) is 44.2 Å². The standard InChI is InChI=1S/C25H30N4O3S/c1-4-29(22-11-6-5-7-12-22)33(31,32)23-13-14-24(27-18-23)26-17-20-9-8-10-21(16-20)28-25(30)15-19(2)3/h5-14,16,18-19H,4,15,17H2,1-3H3,(H,26,27)(H,28,30). The van der Waals surface area contributed by atoms with Gasteiger partial charge in [0.25, 0.3) is 10.0 Å². The first-order valence-corrected chi connectivity index (χ1v) is 12.4. The van der Waals surface area contributed by atoms with Gasteiger partial charge in [-0.3, -0.25) is 9.10 Å². The van der Waals surface area contributed by atoms with Gasteiger partial charge in [0.05, 0.1) is 5.69 Å². The minimum absolute atomic E-state index is 0.00907. The number of para-hydroxylation sites is 1. The summed E-state index contributed by atoms with van der Waals surface area (Å²) in [4.78, 5) is 16.4. The quantitative estimate of drug-likeness (QED) is 0.444. The molecule has 0 atom stereocenters. The van der Waals surface area contributed by atoms with Crippen molar-refractivity contribution in [2.24, 2.45) is 5.92 Å². The normalized spacial score (nSPS) is 11.3. The molecule has 33 heavy (non-hydrogen) atoms. The average Bonchev–Trinajstić information content (AvgIpc) is 2.79. The Morgan fingerprint density at radius 2 is 1.79 bits per heavy atom. The molecule has 0 aliphatic heterocycles. The van der Waals surface area contributed by atoms with Gasteiger partial charge < -0.3 is 10.6 Å². The van der Waals surface area contributed by atoms with Gasteiger partial charge >= 0.3 is 0 Å². The molecular weight excluding hydrogens is 436 g/mol. The highest BCUT2D eigenvalue weighted by atomic mass is 32.2. The molecule has 3 aromatic rings. The van der Waals surface area contributed by atoms with E-state index in [-0.39, 0.29) is 10.8 Å². The number of aromatic nitrogens is 1. The minimum atomic E-state index is -3.71. The Kier molecular flexibility index (Phi) is 8.06. The number of rotatable bonds is 10. The summed E-state index contributed by atoms with van der Waals surface area (Å²) in [5.74, 6) is 0.848. The molecule has 0 aliphatic carbocycles. The van der Waals surface area contributed by atoms with Gasteiger partial charge in [-0.05, 0) is 54.8 Å². The molecule has 0 fully saturated rings. The molecule has 0 saturated carbocycles. The second kappa shape index (κ2) is 11.0. The summed E-state index contributed by atoms with van der Waals surface area (Å²) in [6, 6.07) is 19.8. The van der Waals surface area contributed by atoms with E-state index < -0.39 is 10.0 Å². The monoisotopic (exact) mass is 466 g/mol. The molecule has 0 unspecified atom stereocenters. The van der Waals surface area contributed by atoms with Gasteiger partial charge in [-0.25, -0.2) is 13.4 Å². The number of carbonyl (C=O) groups is 1. The average molecular weight is 467 g/mol. The van der Waals surface area contributed by atoms with Crippen molar-refractivity contribution in [3.8, 4) is 0 Å². The fourth-order valence-electron chi connectivity index (χ4n) is 3.38. The van der Waals surface area contributed by atoms with E-state index in [4.69, 9.17) is 0 Å². The lowest BCUT2D eigenvalue weighted by atomic mass is 10.1. The predicted molar refractivity (Wildman–Crippen MR) is 133 cm³/mol. The molecular formula is C25H30N4O3S. The lowest BCUT2D eigenvalue weighted by molar-refractivity contribution is -0.116. The first-order chi connectivity index (χ1) is 15.8. The van der Waals surface area contributed by atoms with Crippen LogP contribution in [0.3, 0.4) is 0 Å². The number of amides is 1. The van der Waals surface area contributed by atoms with Crippen molar-refractivity contribution in [2.45, 2.75) is 38.6 Å². The minimum Gasteiger partial charge on any atom is -0.366 e. The lowest BCUT2D eigenvalue weighted by Gasteiger charge is -2.22. The maximum Gasteiger partial charge on any atom is 0.265 e. The number of sulfonamides is 1. The molecule has 0 bridgehead atoms. The van der Waals surface area contributed by atoms with Crippen LogP contribution >= 0.6 is 0 Å². The number of anilines is 3. The molecule has 2 N–H and O–H groups in total. The van der Waals surface area contributed by atoms with E-state index in [9.17, 15) is 13.2 Å². The van der Waals surface area contributed by atoms with Gasteiger partial charge in [-0.2, -0.15) is 0 Å². The SMILES string of the molecule is CCN(c1ccccc1)S(=O)(=O)c1ccc(NCc2cccc(NC(=O)CC(C)C)c2)nc1. The fraction of sp³-hybridized carbons (Fsp3) is 0.280. The van der Waals surface area contributed by atoms with Gasteiger partial charge in [0.15, 0.2) is 0 Å². The largest absolute Gasteiger partial charge is 0.366 e. The Morgan fingerprint density at radius 1 is 1.03 bits per heavy atom. The van der Waals surface area contributed by atoms with Gasteiger partial charge in [-0.15, -0.1) is 0 Å². The molecule has 0 aliphatic rings. The summed E-state index contributed by atoms with van der Waals surface area (Å²) in [7, 11) is -3.71. The van der Waals surface area contributed by atoms with E-state index in [2.05, 4.69) is 15.6 Å². The Labute approximate surface area is 195 Å². The van der Waals surface area contributed by atoms with Crippen LogP contribution in [0.5, 0.6) is 0 Å². The van der Waals surface area contributed by atoms with Crippen LogP contribution in [0.15, 0.2) is 77.8 Å². The molecule has 1 aromatic heterocycles. The second-order valence-corrected chi connectivity index (χ2v) is 9.95. The Hall–Kier alpha value is -3.39. The smallest absolute Gasteiger partial charge is 0.265 e. The van der Waals surface area contributed by atoms with E-state index in [1.807, 2.05) is 56.3 Å². The van der Waals surface area contributed by atoms with Gasteiger partial charge in [0.2, 0.25) is 5.91 Å².